The van der Waals surface area contributed by atoms with E-state index in [2.05, 4.69) is 21.6 Å². The van der Waals surface area contributed by atoms with Gasteiger partial charge in [-0.15, -0.1) is 0 Å². The van der Waals surface area contributed by atoms with E-state index in [4.69, 9.17) is 0 Å². The number of thiazole rings is 1. The number of ether oxygens (including phenoxy) is 1. The number of esters is 1. The molecule has 0 aliphatic carbocycles. The number of carbonyl (C=O) groups excluding carboxylic acids is 2. The van der Waals surface area contributed by atoms with Crippen molar-refractivity contribution in [2.45, 2.75) is 13.3 Å². The molecule has 0 spiro atoms. The van der Waals surface area contributed by atoms with E-state index in [0.717, 1.165) is 17.4 Å². The van der Waals surface area contributed by atoms with Gasteiger partial charge in [-0.2, -0.15) is 0 Å². The van der Waals surface area contributed by atoms with Gasteiger partial charge in [0.2, 0.25) is 5.91 Å². The van der Waals surface area contributed by atoms with Crippen LogP contribution in [0, 0.1) is 0 Å². The Balaban J connectivity index is 2.98. The Bertz CT molecular complexity index is 426. The lowest BCUT2D eigenvalue weighted by atomic mass is 10.3. The van der Waals surface area contributed by atoms with Crippen LogP contribution in [0.3, 0.4) is 0 Å². The number of hydrogen-bond donors (Lipinski definition) is 1. The maximum Gasteiger partial charge on any atom is 0.350 e. The van der Waals surface area contributed by atoms with Gasteiger partial charge in [-0.05, 0) is 12.5 Å². The number of nitrogens with zero attached hydrogens (tertiary/aromatic N) is 1. The first-order chi connectivity index (χ1) is 7.62. The van der Waals surface area contributed by atoms with Crippen LogP contribution in [0.2, 0.25) is 0 Å². The molecule has 0 radical (unpaired) electrons. The number of anilines is 1. The van der Waals surface area contributed by atoms with Crippen LogP contribution in [0.4, 0.5) is 5.13 Å². The van der Waals surface area contributed by atoms with E-state index in [0.29, 0.717) is 22.1 Å². The van der Waals surface area contributed by atoms with E-state index in [9.17, 15) is 9.59 Å². The number of methoxy groups -OCH3 is 1. The number of nitrogens with one attached hydrogen (secondary N) is 1. The minimum atomic E-state index is -0.437. The van der Waals surface area contributed by atoms with Gasteiger partial charge >= 0.3 is 5.97 Å². The minimum Gasteiger partial charge on any atom is -0.465 e. The van der Waals surface area contributed by atoms with Gasteiger partial charge in [0.1, 0.15) is 4.88 Å². The molecule has 16 heavy (non-hydrogen) atoms. The molecule has 0 fully saturated rings. The molecule has 5 nitrogen and oxygen atoms in total. The largest absolute Gasteiger partial charge is 0.465 e. The quantitative estimate of drug-likeness (QED) is 0.641. The van der Waals surface area contributed by atoms with Crippen molar-refractivity contribution in [1.82, 2.24) is 4.98 Å². The Kier molecular flexibility index (Phi) is 4.19. The molecule has 0 unspecified atom stereocenters. The standard InChI is InChI=1S/C10H12N2O3S/c1-4-6-8(9(14)15-3)16-10(11-6)12-7(13)5-2/h5H,2,4H2,1,3H3,(H,11,12,13). The van der Waals surface area contributed by atoms with Crippen molar-refractivity contribution in [1.29, 1.82) is 0 Å². The van der Waals surface area contributed by atoms with Crippen LogP contribution in [0.5, 0.6) is 0 Å². The van der Waals surface area contributed by atoms with Crippen molar-refractivity contribution in [3.8, 4) is 0 Å². The van der Waals surface area contributed by atoms with Gasteiger partial charge in [0.15, 0.2) is 5.13 Å². The molecule has 0 aliphatic heterocycles. The van der Waals surface area contributed by atoms with Gasteiger partial charge in [-0.3, -0.25) is 10.1 Å². The van der Waals surface area contributed by atoms with E-state index >= 15 is 0 Å². The molecule has 1 rings (SSSR count). The maximum absolute atomic E-state index is 11.4. The summed E-state index contributed by atoms with van der Waals surface area (Å²) in [7, 11) is 1.31. The molecule has 1 aromatic rings. The molecule has 6 heteroatoms. The third kappa shape index (κ3) is 2.66. The van der Waals surface area contributed by atoms with Crippen LogP contribution in [-0.4, -0.2) is 24.0 Å². The summed E-state index contributed by atoms with van der Waals surface area (Å²) in [6, 6.07) is 0. The van der Waals surface area contributed by atoms with E-state index < -0.39 is 5.97 Å². The van der Waals surface area contributed by atoms with Gasteiger partial charge in [0.05, 0.1) is 12.8 Å². The lowest BCUT2D eigenvalue weighted by molar-refractivity contribution is -0.111. The minimum absolute atomic E-state index is 0.354. The number of aryl methyl sites for hydroxylation is 1. The number of aromatic nitrogens is 1. The zero-order chi connectivity index (χ0) is 12.1. The van der Waals surface area contributed by atoms with Crippen molar-refractivity contribution in [2.24, 2.45) is 0 Å². The summed E-state index contributed by atoms with van der Waals surface area (Å²) in [4.78, 5) is 27.0. The van der Waals surface area contributed by atoms with Crippen LogP contribution in [0.15, 0.2) is 12.7 Å². The van der Waals surface area contributed by atoms with Crippen molar-refractivity contribution in [2.75, 3.05) is 12.4 Å². The lowest BCUT2D eigenvalue weighted by Crippen LogP contribution is -2.06. The molecule has 1 amide bonds. The Hall–Kier alpha value is -1.69. The van der Waals surface area contributed by atoms with Crippen molar-refractivity contribution in [3.05, 3.63) is 23.2 Å². The van der Waals surface area contributed by atoms with E-state index in [1.165, 1.54) is 7.11 Å². The molecule has 86 valence electrons. The summed E-state index contributed by atoms with van der Waals surface area (Å²) in [5.41, 5.74) is 0.621. The number of hydrogen-bond acceptors (Lipinski definition) is 5. The molecule has 0 atom stereocenters. The Morgan fingerprint density at radius 1 is 1.62 bits per heavy atom. The Morgan fingerprint density at radius 3 is 2.81 bits per heavy atom. The first kappa shape index (κ1) is 12.4. The second kappa shape index (κ2) is 5.41. The van der Waals surface area contributed by atoms with E-state index in [1.807, 2.05) is 6.92 Å². The summed E-state index contributed by atoms with van der Waals surface area (Å²) in [5, 5.41) is 2.89. The molecular weight excluding hydrogens is 228 g/mol. The summed E-state index contributed by atoms with van der Waals surface area (Å²) in [6.45, 7) is 5.21. The van der Waals surface area contributed by atoms with Crippen LogP contribution in [0.25, 0.3) is 0 Å². The Morgan fingerprint density at radius 2 is 2.31 bits per heavy atom. The first-order valence-corrected chi connectivity index (χ1v) is 5.45. The highest BCUT2D eigenvalue weighted by Gasteiger charge is 2.17. The van der Waals surface area contributed by atoms with Crippen LogP contribution in [-0.2, 0) is 16.0 Å². The van der Waals surface area contributed by atoms with Gasteiger partial charge < -0.3 is 4.74 Å². The van der Waals surface area contributed by atoms with Crippen LogP contribution < -0.4 is 5.32 Å². The van der Waals surface area contributed by atoms with E-state index in [1.54, 1.807) is 0 Å². The maximum atomic E-state index is 11.4. The van der Waals surface area contributed by atoms with Gasteiger partial charge in [-0.1, -0.05) is 24.8 Å². The number of rotatable bonds is 4. The molecule has 1 heterocycles. The molecular formula is C10H12N2O3S. The van der Waals surface area contributed by atoms with Crippen LogP contribution >= 0.6 is 11.3 Å². The second-order valence-corrected chi connectivity index (χ2v) is 3.83. The fourth-order valence-electron chi connectivity index (χ4n) is 1.05. The third-order valence-corrected chi connectivity index (χ3v) is 2.81. The smallest absolute Gasteiger partial charge is 0.350 e. The van der Waals surface area contributed by atoms with E-state index in [-0.39, 0.29) is 5.91 Å². The molecule has 1 aromatic heterocycles. The number of carbonyl (C=O) groups is 2. The fraction of sp³-hybridized carbons (Fsp3) is 0.300. The predicted octanol–water partition coefficient (Wildman–Crippen LogP) is 1.62. The zero-order valence-electron chi connectivity index (χ0n) is 9.07. The molecule has 0 aromatic carbocycles. The average molecular weight is 240 g/mol. The lowest BCUT2D eigenvalue weighted by Gasteiger charge is -1.95. The summed E-state index contributed by atoms with van der Waals surface area (Å²) in [5.74, 6) is -0.790. The average Bonchev–Trinajstić information content (AvgIpc) is 2.70. The molecule has 0 saturated carbocycles. The van der Waals surface area contributed by atoms with Gasteiger partial charge in [-0.25, -0.2) is 9.78 Å². The van der Waals surface area contributed by atoms with Gasteiger partial charge in [0.25, 0.3) is 0 Å². The fourth-order valence-corrected chi connectivity index (χ4v) is 2.03. The molecule has 0 bridgehead atoms. The zero-order valence-corrected chi connectivity index (χ0v) is 9.89. The molecule has 1 N–H and O–H groups in total. The SMILES string of the molecule is C=CC(=O)Nc1nc(CC)c(C(=O)OC)s1. The molecule has 0 aliphatic rings. The third-order valence-electron chi connectivity index (χ3n) is 1.82. The topological polar surface area (TPSA) is 68.3 Å². The first-order valence-electron chi connectivity index (χ1n) is 4.63. The van der Waals surface area contributed by atoms with Crippen molar-refractivity contribution in [3.63, 3.8) is 0 Å². The second-order valence-electron chi connectivity index (χ2n) is 2.83. The summed E-state index contributed by atoms with van der Waals surface area (Å²) in [6.07, 6.45) is 1.75. The van der Waals surface area contributed by atoms with Crippen molar-refractivity contribution < 1.29 is 14.3 Å². The highest BCUT2D eigenvalue weighted by molar-refractivity contribution is 7.17. The number of amides is 1. The van der Waals surface area contributed by atoms with Crippen molar-refractivity contribution >= 4 is 28.3 Å². The van der Waals surface area contributed by atoms with Crippen LogP contribution in [0.1, 0.15) is 22.3 Å². The summed E-state index contributed by atoms with van der Waals surface area (Å²) >= 11 is 1.10. The highest BCUT2D eigenvalue weighted by Crippen LogP contribution is 2.24. The highest BCUT2D eigenvalue weighted by atomic mass is 32.1. The normalized spacial score (nSPS) is 9.62. The predicted molar refractivity (Wildman–Crippen MR) is 61.7 cm³/mol. The Labute approximate surface area is 97.1 Å². The summed E-state index contributed by atoms with van der Waals surface area (Å²) < 4.78 is 4.62. The van der Waals surface area contributed by atoms with Gasteiger partial charge in [0, 0.05) is 0 Å². The monoisotopic (exact) mass is 240 g/mol. The molecule has 0 saturated heterocycles.